The molecule has 132 valence electrons. The lowest BCUT2D eigenvalue weighted by molar-refractivity contribution is -0.178. The van der Waals surface area contributed by atoms with E-state index in [1.165, 1.54) is 5.56 Å². The van der Waals surface area contributed by atoms with Crippen LogP contribution >= 0.6 is 0 Å². The lowest BCUT2D eigenvalue weighted by Gasteiger charge is -2.64. The van der Waals surface area contributed by atoms with Crippen LogP contribution in [0.3, 0.4) is 0 Å². The number of aliphatic hydroxyl groups is 2. The van der Waals surface area contributed by atoms with E-state index in [9.17, 15) is 15.0 Å². The molecule has 1 aromatic rings. The first-order valence-corrected chi connectivity index (χ1v) is 9.14. The van der Waals surface area contributed by atoms with Crippen LogP contribution in [0.15, 0.2) is 16.9 Å². The van der Waals surface area contributed by atoms with E-state index >= 15 is 0 Å². The minimum absolute atomic E-state index is 0.0366. The molecule has 4 rings (SSSR count). The number of hydrogen-bond acceptors (Lipinski definition) is 4. The molecule has 0 radical (unpaired) electrons. The topological polar surface area (TPSA) is 70.7 Å². The molecule has 0 amide bonds. The predicted octanol–water partition coefficient (Wildman–Crippen LogP) is 2.85. The van der Waals surface area contributed by atoms with Crippen LogP contribution in [0, 0.1) is 22.7 Å². The van der Waals surface area contributed by atoms with Gasteiger partial charge in [0.1, 0.15) is 6.10 Å². The van der Waals surface area contributed by atoms with E-state index in [2.05, 4.69) is 6.92 Å². The van der Waals surface area contributed by atoms with E-state index in [1.54, 1.807) is 0 Å². The molecule has 4 heteroatoms. The van der Waals surface area contributed by atoms with Gasteiger partial charge < -0.3 is 14.6 Å². The number of furan rings is 1. The van der Waals surface area contributed by atoms with Crippen molar-refractivity contribution in [2.45, 2.75) is 64.4 Å². The van der Waals surface area contributed by atoms with Crippen LogP contribution in [0.4, 0.5) is 0 Å². The number of hydrogen-bond donors (Lipinski definition) is 2. The lowest BCUT2D eigenvalue weighted by atomic mass is 9.40. The van der Waals surface area contributed by atoms with Gasteiger partial charge in [0.05, 0.1) is 19.1 Å². The molecule has 0 unspecified atom stereocenters. The maximum absolute atomic E-state index is 12.6. The molecule has 3 aliphatic rings. The summed E-state index contributed by atoms with van der Waals surface area (Å²) in [6, 6.07) is 0. The summed E-state index contributed by atoms with van der Waals surface area (Å²) in [4.78, 5) is 12.6. The highest BCUT2D eigenvalue weighted by Gasteiger charge is 2.64. The van der Waals surface area contributed by atoms with Crippen molar-refractivity contribution in [3.63, 3.8) is 0 Å². The number of Topliss-reactive ketones (excluding diaryl/α,β-unsaturated/α-hetero) is 1. The fourth-order valence-corrected chi connectivity index (χ4v) is 6.78. The van der Waals surface area contributed by atoms with Crippen molar-refractivity contribution in [2.75, 3.05) is 6.61 Å². The highest BCUT2D eigenvalue weighted by atomic mass is 16.3. The number of aryl methyl sites for hydroxylation is 1. The zero-order valence-electron chi connectivity index (χ0n) is 14.8. The second-order valence-corrected chi connectivity index (χ2v) is 9.18. The van der Waals surface area contributed by atoms with Gasteiger partial charge in [-0.05, 0) is 48.5 Å². The molecule has 2 N–H and O–H groups in total. The Bertz CT molecular complexity index is 675. The summed E-state index contributed by atoms with van der Waals surface area (Å²) >= 11 is 0. The molecule has 2 fully saturated rings. The molecule has 2 saturated carbocycles. The number of ketones is 1. The molecule has 0 saturated heterocycles. The van der Waals surface area contributed by atoms with Crippen molar-refractivity contribution in [3.05, 3.63) is 23.7 Å². The third kappa shape index (κ3) is 1.79. The SMILES string of the molecule is CC1(C)[C@@H](O)C(=O)C[C@@]2(C)[C@H]1CC[C@@]1(CO)c3cocc3CC[C@@H]12. The van der Waals surface area contributed by atoms with E-state index in [1.807, 2.05) is 26.4 Å². The second-order valence-electron chi connectivity index (χ2n) is 9.18. The Labute approximate surface area is 143 Å². The molecule has 0 aromatic carbocycles. The first kappa shape index (κ1) is 16.3. The Hall–Kier alpha value is -1.13. The number of rotatable bonds is 1. The third-order valence-electron chi connectivity index (χ3n) is 7.86. The minimum Gasteiger partial charge on any atom is -0.472 e. The van der Waals surface area contributed by atoms with E-state index in [0.717, 1.165) is 31.2 Å². The number of carbonyl (C=O) groups is 1. The van der Waals surface area contributed by atoms with Crippen molar-refractivity contribution in [2.24, 2.45) is 22.7 Å². The molecule has 3 aliphatic carbocycles. The average molecular weight is 332 g/mol. The number of aliphatic hydroxyl groups excluding tert-OH is 2. The molecular weight excluding hydrogens is 304 g/mol. The standard InChI is InChI=1S/C20H28O4/c1-18(2)15-6-7-20(11-21)13-10-24-9-12(13)4-5-16(20)19(15,3)8-14(22)17(18)23/h9-10,15-17,21,23H,4-8,11H2,1-3H3/t15-,16+,17-,19-,20+/m0/s1. The lowest BCUT2D eigenvalue weighted by Crippen LogP contribution is -2.64. The maximum Gasteiger partial charge on any atom is 0.162 e. The van der Waals surface area contributed by atoms with Crippen LogP contribution in [-0.2, 0) is 16.6 Å². The summed E-state index contributed by atoms with van der Waals surface area (Å²) in [5.41, 5.74) is 1.46. The van der Waals surface area contributed by atoms with Crippen LogP contribution in [0.2, 0.25) is 0 Å². The van der Waals surface area contributed by atoms with Gasteiger partial charge in [0.25, 0.3) is 0 Å². The highest BCUT2D eigenvalue weighted by molar-refractivity contribution is 5.85. The maximum atomic E-state index is 12.6. The fraction of sp³-hybridized carbons (Fsp3) is 0.750. The molecular formula is C20H28O4. The van der Waals surface area contributed by atoms with Gasteiger partial charge in [-0.1, -0.05) is 20.8 Å². The molecule has 1 aromatic heterocycles. The van der Waals surface area contributed by atoms with E-state index in [0.29, 0.717) is 6.42 Å². The summed E-state index contributed by atoms with van der Waals surface area (Å²) in [6.45, 7) is 6.40. The molecule has 1 heterocycles. The normalized spacial score (nSPS) is 43.7. The van der Waals surface area contributed by atoms with E-state index in [4.69, 9.17) is 4.42 Å². The van der Waals surface area contributed by atoms with Crippen molar-refractivity contribution in [1.29, 1.82) is 0 Å². The zero-order chi connectivity index (χ0) is 17.3. The third-order valence-corrected chi connectivity index (χ3v) is 7.86. The Morgan fingerprint density at radius 3 is 2.67 bits per heavy atom. The van der Waals surface area contributed by atoms with Crippen molar-refractivity contribution >= 4 is 5.78 Å². The van der Waals surface area contributed by atoms with Gasteiger partial charge >= 0.3 is 0 Å². The van der Waals surface area contributed by atoms with E-state index < -0.39 is 11.5 Å². The fourth-order valence-electron chi connectivity index (χ4n) is 6.78. The summed E-state index contributed by atoms with van der Waals surface area (Å²) in [5.74, 6) is 0.496. The molecule has 24 heavy (non-hydrogen) atoms. The van der Waals surface area contributed by atoms with Crippen molar-refractivity contribution in [1.82, 2.24) is 0 Å². The van der Waals surface area contributed by atoms with Gasteiger partial charge in [0.15, 0.2) is 5.78 Å². The Morgan fingerprint density at radius 2 is 1.96 bits per heavy atom. The minimum atomic E-state index is -0.870. The molecule has 4 nitrogen and oxygen atoms in total. The quantitative estimate of drug-likeness (QED) is 0.829. The molecule has 0 aliphatic heterocycles. The Morgan fingerprint density at radius 1 is 1.21 bits per heavy atom. The average Bonchev–Trinajstić information content (AvgIpc) is 3.02. The van der Waals surface area contributed by atoms with Crippen LogP contribution in [0.5, 0.6) is 0 Å². The van der Waals surface area contributed by atoms with Gasteiger partial charge in [-0.25, -0.2) is 0 Å². The van der Waals surface area contributed by atoms with Gasteiger partial charge in [-0.2, -0.15) is 0 Å². The summed E-state index contributed by atoms with van der Waals surface area (Å²) < 4.78 is 5.47. The Kier molecular flexibility index (Phi) is 3.37. The first-order valence-electron chi connectivity index (χ1n) is 9.14. The van der Waals surface area contributed by atoms with Gasteiger partial charge in [-0.15, -0.1) is 0 Å². The van der Waals surface area contributed by atoms with Gasteiger partial charge in [-0.3, -0.25) is 4.79 Å². The van der Waals surface area contributed by atoms with E-state index in [-0.39, 0.29) is 35.1 Å². The molecule has 0 spiro atoms. The van der Waals surface area contributed by atoms with Crippen LogP contribution in [0.1, 0.15) is 57.6 Å². The zero-order valence-corrected chi connectivity index (χ0v) is 14.8. The number of fused-ring (bicyclic) bond motifs is 5. The predicted molar refractivity (Wildman–Crippen MR) is 89.5 cm³/mol. The largest absolute Gasteiger partial charge is 0.472 e. The van der Waals surface area contributed by atoms with Gasteiger partial charge in [0, 0.05) is 22.8 Å². The van der Waals surface area contributed by atoms with Crippen LogP contribution in [0.25, 0.3) is 0 Å². The second kappa shape index (κ2) is 4.95. The number of carbonyl (C=O) groups excluding carboxylic acids is 1. The monoisotopic (exact) mass is 332 g/mol. The van der Waals surface area contributed by atoms with Crippen LogP contribution < -0.4 is 0 Å². The Balaban J connectivity index is 1.85. The smallest absolute Gasteiger partial charge is 0.162 e. The van der Waals surface area contributed by atoms with Crippen molar-refractivity contribution in [3.8, 4) is 0 Å². The summed E-state index contributed by atoms with van der Waals surface area (Å²) in [5, 5.41) is 20.9. The summed E-state index contributed by atoms with van der Waals surface area (Å²) in [7, 11) is 0. The summed E-state index contributed by atoms with van der Waals surface area (Å²) in [6.07, 6.45) is 6.91. The molecule has 0 bridgehead atoms. The highest BCUT2D eigenvalue weighted by Crippen LogP contribution is 2.66. The van der Waals surface area contributed by atoms with Crippen molar-refractivity contribution < 1.29 is 19.4 Å². The molecule has 5 atom stereocenters. The first-order chi connectivity index (χ1) is 11.3. The van der Waals surface area contributed by atoms with Crippen LogP contribution in [-0.4, -0.2) is 28.7 Å². The van der Waals surface area contributed by atoms with Gasteiger partial charge in [0.2, 0.25) is 0 Å².